The molecule has 0 heterocycles. The number of nitrogens with one attached hydrogen (secondary N) is 1. The number of carbonyl (C=O) groups excluding carboxylic acids is 2. The first-order valence-corrected chi connectivity index (χ1v) is 8.61. The zero-order chi connectivity index (χ0) is 17.5. The minimum Gasteiger partial charge on any atom is -0.354 e. The highest BCUT2D eigenvalue weighted by Crippen LogP contribution is 2.19. The van der Waals surface area contributed by atoms with Gasteiger partial charge in [0.2, 0.25) is 11.8 Å². The monoisotopic (exact) mass is 388 g/mol. The summed E-state index contributed by atoms with van der Waals surface area (Å²) in [5, 5.41) is 2.88. The molecule has 5 heteroatoms. The molecule has 0 bridgehead atoms. The van der Waals surface area contributed by atoms with Crippen LogP contribution in [0.3, 0.4) is 0 Å². The Morgan fingerprint density at radius 2 is 1.88 bits per heavy atom. The molecule has 2 amide bonds. The fourth-order valence-electron chi connectivity index (χ4n) is 2.49. The van der Waals surface area contributed by atoms with E-state index in [0.717, 1.165) is 21.3 Å². The standard InChI is InChI=1S/C19H21BrN2O2/c1-14-5-3-6-16(11-14)12-19(24)21-9-10-22(15(2)23)18-8-4-7-17(20)13-18/h3-8,11,13H,9-10,12H2,1-2H3,(H,21,24). The number of amides is 2. The number of rotatable bonds is 6. The Morgan fingerprint density at radius 1 is 1.12 bits per heavy atom. The largest absolute Gasteiger partial charge is 0.354 e. The molecule has 0 aromatic heterocycles. The minimum atomic E-state index is -0.0546. The van der Waals surface area contributed by atoms with E-state index in [1.807, 2.05) is 55.5 Å². The van der Waals surface area contributed by atoms with E-state index in [1.165, 1.54) is 6.92 Å². The maximum Gasteiger partial charge on any atom is 0.224 e. The molecule has 126 valence electrons. The van der Waals surface area contributed by atoms with Crippen LogP contribution in [0, 0.1) is 6.92 Å². The molecule has 2 rings (SSSR count). The zero-order valence-corrected chi connectivity index (χ0v) is 15.5. The number of nitrogens with zero attached hydrogens (tertiary/aromatic N) is 1. The van der Waals surface area contributed by atoms with Gasteiger partial charge in [-0.2, -0.15) is 0 Å². The molecule has 0 fully saturated rings. The molecule has 0 unspecified atom stereocenters. The Morgan fingerprint density at radius 3 is 2.54 bits per heavy atom. The quantitative estimate of drug-likeness (QED) is 0.823. The van der Waals surface area contributed by atoms with Crippen LogP contribution in [0.4, 0.5) is 5.69 Å². The Kier molecular flexibility index (Phi) is 6.55. The van der Waals surface area contributed by atoms with Crippen LogP contribution in [-0.2, 0) is 16.0 Å². The molecule has 0 aliphatic rings. The normalized spacial score (nSPS) is 10.3. The zero-order valence-electron chi connectivity index (χ0n) is 13.9. The van der Waals surface area contributed by atoms with Gasteiger partial charge in [-0.3, -0.25) is 9.59 Å². The van der Waals surface area contributed by atoms with Crippen LogP contribution in [0.1, 0.15) is 18.1 Å². The second-order valence-corrected chi connectivity index (χ2v) is 6.58. The van der Waals surface area contributed by atoms with Crippen molar-refractivity contribution in [3.63, 3.8) is 0 Å². The second-order valence-electron chi connectivity index (χ2n) is 5.67. The summed E-state index contributed by atoms with van der Waals surface area (Å²) in [5.74, 6) is -0.0978. The van der Waals surface area contributed by atoms with Crippen molar-refractivity contribution in [3.8, 4) is 0 Å². The molecule has 0 atom stereocenters. The lowest BCUT2D eigenvalue weighted by molar-refractivity contribution is -0.121. The Labute approximate surface area is 151 Å². The number of hydrogen-bond acceptors (Lipinski definition) is 2. The van der Waals surface area contributed by atoms with E-state index >= 15 is 0 Å². The molecule has 2 aromatic rings. The molecule has 0 radical (unpaired) electrons. The van der Waals surface area contributed by atoms with Crippen LogP contribution in [-0.4, -0.2) is 24.9 Å². The van der Waals surface area contributed by atoms with E-state index in [0.29, 0.717) is 19.5 Å². The lowest BCUT2D eigenvalue weighted by atomic mass is 10.1. The fourth-order valence-corrected chi connectivity index (χ4v) is 2.88. The van der Waals surface area contributed by atoms with Gasteiger partial charge in [0.05, 0.1) is 6.42 Å². The van der Waals surface area contributed by atoms with Crippen LogP contribution in [0.5, 0.6) is 0 Å². The van der Waals surface area contributed by atoms with Gasteiger partial charge in [0.25, 0.3) is 0 Å². The second kappa shape index (κ2) is 8.64. The maximum absolute atomic E-state index is 12.0. The van der Waals surface area contributed by atoms with Crippen LogP contribution in [0.25, 0.3) is 0 Å². The summed E-state index contributed by atoms with van der Waals surface area (Å²) >= 11 is 3.41. The van der Waals surface area contributed by atoms with E-state index in [4.69, 9.17) is 0 Å². The number of hydrogen-bond donors (Lipinski definition) is 1. The molecule has 0 aliphatic heterocycles. The molecule has 1 N–H and O–H groups in total. The van der Waals surface area contributed by atoms with E-state index in [1.54, 1.807) is 4.90 Å². The van der Waals surface area contributed by atoms with Crippen molar-refractivity contribution in [2.75, 3.05) is 18.0 Å². The highest BCUT2D eigenvalue weighted by atomic mass is 79.9. The summed E-state index contributed by atoms with van der Waals surface area (Å²) in [5.41, 5.74) is 2.94. The lowest BCUT2D eigenvalue weighted by Crippen LogP contribution is -2.38. The number of aryl methyl sites for hydroxylation is 1. The molecular formula is C19H21BrN2O2. The van der Waals surface area contributed by atoms with Gasteiger partial charge in [-0.25, -0.2) is 0 Å². The molecular weight excluding hydrogens is 368 g/mol. The van der Waals surface area contributed by atoms with Gasteiger partial charge in [0, 0.05) is 30.2 Å². The van der Waals surface area contributed by atoms with Gasteiger partial charge in [0.15, 0.2) is 0 Å². The predicted octanol–water partition coefficient (Wildman–Crippen LogP) is 3.47. The van der Waals surface area contributed by atoms with Crippen LogP contribution < -0.4 is 10.2 Å². The molecule has 0 aliphatic carbocycles. The van der Waals surface area contributed by atoms with Crippen molar-refractivity contribution < 1.29 is 9.59 Å². The number of benzene rings is 2. The average molecular weight is 389 g/mol. The minimum absolute atomic E-state index is 0.0432. The molecule has 0 saturated carbocycles. The van der Waals surface area contributed by atoms with Gasteiger partial charge in [-0.05, 0) is 30.7 Å². The predicted molar refractivity (Wildman–Crippen MR) is 100 cm³/mol. The van der Waals surface area contributed by atoms with Gasteiger partial charge in [-0.1, -0.05) is 51.8 Å². The van der Waals surface area contributed by atoms with Crippen LogP contribution in [0.15, 0.2) is 53.0 Å². The third-order valence-electron chi connectivity index (χ3n) is 3.60. The highest BCUT2D eigenvalue weighted by molar-refractivity contribution is 9.10. The first kappa shape index (κ1) is 18.2. The van der Waals surface area contributed by atoms with Crippen LogP contribution >= 0.6 is 15.9 Å². The summed E-state index contributed by atoms with van der Waals surface area (Å²) in [6, 6.07) is 15.4. The third kappa shape index (κ3) is 5.49. The van der Waals surface area contributed by atoms with Crippen molar-refractivity contribution in [1.29, 1.82) is 0 Å². The Hall–Kier alpha value is -2.14. The molecule has 24 heavy (non-hydrogen) atoms. The Bertz CT molecular complexity index is 731. The van der Waals surface area contributed by atoms with Gasteiger partial charge >= 0.3 is 0 Å². The lowest BCUT2D eigenvalue weighted by Gasteiger charge is -2.21. The van der Waals surface area contributed by atoms with Gasteiger partial charge in [-0.15, -0.1) is 0 Å². The van der Waals surface area contributed by atoms with Gasteiger partial charge in [0.1, 0.15) is 0 Å². The number of halogens is 1. The topological polar surface area (TPSA) is 49.4 Å². The molecule has 2 aromatic carbocycles. The van der Waals surface area contributed by atoms with E-state index in [9.17, 15) is 9.59 Å². The van der Waals surface area contributed by atoms with E-state index in [-0.39, 0.29) is 11.8 Å². The number of carbonyl (C=O) groups is 2. The summed E-state index contributed by atoms with van der Waals surface area (Å²) < 4.78 is 0.912. The Balaban J connectivity index is 1.89. The summed E-state index contributed by atoms with van der Waals surface area (Å²) in [7, 11) is 0. The van der Waals surface area contributed by atoms with E-state index < -0.39 is 0 Å². The first-order valence-electron chi connectivity index (χ1n) is 7.81. The van der Waals surface area contributed by atoms with Crippen molar-refractivity contribution in [1.82, 2.24) is 5.32 Å². The molecule has 0 saturated heterocycles. The molecule has 0 spiro atoms. The summed E-state index contributed by atoms with van der Waals surface area (Å²) in [6.45, 7) is 4.38. The summed E-state index contributed by atoms with van der Waals surface area (Å²) in [4.78, 5) is 25.6. The van der Waals surface area contributed by atoms with Crippen molar-refractivity contribution in [3.05, 3.63) is 64.1 Å². The highest BCUT2D eigenvalue weighted by Gasteiger charge is 2.12. The average Bonchev–Trinajstić information content (AvgIpc) is 2.51. The fraction of sp³-hybridized carbons (Fsp3) is 0.263. The summed E-state index contributed by atoms with van der Waals surface area (Å²) in [6.07, 6.45) is 0.346. The van der Waals surface area contributed by atoms with E-state index in [2.05, 4.69) is 21.2 Å². The molecule has 4 nitrogen and oxygen atoms in total. The van der Waals surface area contributed by atoms with Crippen molar-refractivity contribution in [2.45, 2.75) is 20.3 Å². The van der Waals surface area contributed by atoms with Gasteiger partial charge < -0.3 is 10.2 Å². The van der Waals surface area contributed by atoms with Crippen LogP contribution in [0.2, 0.25) is 0 Å². The third-order valence-corrected chi connectivity index (χ3v) is 4.10. The smallest absolute Gasteiger partial charge is 0.224 e. The number of anilines is 1. The van der Waals surface area contributed by atoms with Crippen molar-refractivity contribution >= 4 is 33.4 Å². The van der Waals surface area contributed by atoms with Crippen molar-refractivity contribution in [2.24, 2.45) is 0 Å². The maximum atomic E-state index is 12.0. The SMILES string of the molecule is CC(=O)N(CCNC(=O)Cc1cccc(C)c1)c1cccc(Br)c1. The first-order chi connectivity index (χ1) is 11.5.